The van der Waals surface area contributed by atoms with E-state index in [2.05, 4.69) is 20.2 Å². The molecule has 20 heavy (non-hydrogen) atoms. The van der Waals surface area contributed by atoms with Crippen LogP contribution in [0.1, 0.15) is 31.5 Å². The Morgan fingerprint density at radius 2 is 2.30 bits per heavy atom. The fourth-order valence-electron chi connectivity index (χ4n) is 2.70. The first-order valence-corrected chi connectivity index (χ1v) is 7.20. The Kier molecular flexibility index (Phi) is 5.55. The number of anilines is 2. The monoisotopic (exact) mass is 280 g/mol. The van der Waals surface area contributed by atoms with Gasteiger partial charge in [0.1, 0.15) is 18.2 Å². The number of nitrogens with one attached hydrogen (secondary N) is 1. The van der Waals surface area contributed by atoms with Gasteiger partial charge in [-0.2, -0.15) is 0 Å². The van der Waals surface area contributed by atoms with Gasteiger partial charge in [0.2, 0.25) is 0 Å². The minimum atomic E-state index is 0.218. The van der Waals surface area contributed by atoms with Crippen molar-refractivity contribution in [1.82, 2.24) is 9.97 Å². The summed E-state index contributed by atoms with van der Waals surface area (Å²) in [6.07, 6.45) is 4.29. The Hall–Kier alpha value is -1.40. The third-order valence-electron chi connectivity index (χ3n) is 3.67. The summed E-state index contributed by atoms with van der Waals surface area (Å²) >= 11 is 0. The standard InChI is InChI=1S/C14H24N4O2/c1-15-12-9-14(17-13(16-12)10-20-2)18-7-4-3-5-11(18)6-8-19/h9,11,19H,3-8,10H2,1-2H3,(H,15,16,17). The van der Waals surface area contributed by atoms with Crippen molar-refractivity contribution in [2.75, 3.05) is 37.5 Å². The lowest BCUT2D eigenvalue weighted by Gasteiger charge is -2.36. The van der Waals surface area contributed by atoms with Gasteiger partial charge in [-0.15, -0.1) is 0 Å². The van der Waals surface area contributed by atoms with Gasteiger partial charge in [0.05, 0.1) is 0 Å². The van der Waals surface area contributed by atoms with E-state index in [0.29, 0.717) is 18.5 Å². The van der Waals surface area contributed by atoms with E-state index in [-0.39, 0.29) is 6.61 Å². The SMILES string of the molecule is CNc1cc(N2CCCCC2CCO)nc(COC)n1. The average Bonchev–Trinajstić information content (AvgIpc) is 2.48. The van der Waals surface area contributed by atoms with Gasteiger partial charge >= 0.3 is 0 Å². The first-order valence-electron chi connectivity index (χ1n) is 7.20. The van der Waals surface area contributed by atoms with Crippen LogP contribution in [0.15, 0.2) is 6.07 Å². The third-order valence-corrected chi connectivity index (χ3v) is 3.67. The highest BCUT2D eigenvalue weighted by Gasteiger charge is 2.24. The summed E-state index contributed by atoms with van der Waals surface area (Å²) in [5, 5.41) is 12.3. The zero-order valence-electron chi connectivity index (χ0n) is 12.3. The Balaban J connectivity index is 2.26. The number of ether oxygens (including phenoxy) is 1. The molecule has 6 nitrogen and oxygen atoms in total. The molecule has 0 radical (unpaired) electrons. The quantitative estimate of drug-likeness (QED) is 0.821. The van der Waals surface area contributed by atoms with Crippen LogP contribution in [0.3, 0.4) is 0 Å². The van der Waals surface area contributed by atoms with Crippen LogP contribution in [0.2, 0.25) is 0 Å². The maximum Gasteiger partial charge on any atom is 0.158 e. The molecule has 2 heterocycles. The van der Waals surface area contributed by atoms with E-state index < -0.39 is 0 Å². The molecule has 2 rings (SSSR count). The van der Waals surface area contributed by atoms with Crippen LogP contribution in [-0.4, -0.2) is 48.4 Å². The second-order valence-electron chi connectivity index (χ2n) is 5.07. The number of nitrogens with zero attached hydrogens (tertiary/aromatic N) is 3. The van der Waals surface area contributed by atoms with E-state index in [9.17, 15) is 5.11 Å². The Labute approximate surface area is 120 Å². The fraction of sp³-hybridized carbons (Fsp3) is 0.714. The molecule has 0 aromatic carbocycles. The zero-order valence-corrected chi connectivity index (χ0v) is 12.3. The van der Waals surface area contributed by atoms with Gasteiger partial charge < -0.3 is 20.1 Å². The predicted molar refractivity (Wildman–Crippen MR) is 79.0 cm³/mol. The largest absolute Gasteiger partial charge is 0.396 e. The lowest BCUT2D eigenvalue weighted by Crippen LogP contribution is -2.40. The van der Waals surface area contributed by atoms with Gasteiger partial charge in [-0.3, -0.25) is 0 Å². The molecule has 2 N–H and O–H groups in total. The predicted octanol–water partition coefficient (Wildman–Crippen LogP) is 1.41. The van der Waals surface area contributed by atoms with E-state index >= 15 is 0 Å². The number of aromatic nitrogens is 2. The smallest absolute Gasteiger partial charge is 0.158 e. The summed E-state index contributed by atoms with van der Waals surface area (Å²) in [7, 11) is 3.49. The van der Waals surface area contributed by atoms with Crippen LogP contribution in [0.5, 0.6) is 0 Å². The number of aliphatic hydroxyl groups is 1. The van der Waals surface area contributed by atoms with E-state index in [1.165, 1.54) is 12.8 Å². The van der Waals surface area contributed by atoms with Gasteiger partial charge in [-0.25, -0.2) is 9.97 Å². The molecule has 1 aliphatic rings. The van der Waals surface area contributed by atoms with Crippen LogP contribution in [-0.2, 0) is 11.3 Å². The molecule has 1 saturated heterocycles. The number of methoxy groups -OCH3 is 1. The molecule has 1 unspecified atom stereocenters. The summed E-state index contributed by atoms with van der Waals surface area (Å²) in [5.74, 6) is 2.41. The van der Waals surface area contributed by atoms with E-state index in [0.717, 1.165) is 31.0 Å². The number of rotatable bonds is 6. The van der Waals surface area contributed by atoms with Crippen molar-refractivity contribution >= 4 is 11.6 Å². The maximum absolute atomic E-state index is 9.23. The maximum atomic E-state index is 9.23. The minimum absolute atomic E-state index is 0.218. The van der Waals surface area contributed by atoms with Gasteiger partial charge in [0.25, 0.3) is 0 Å². The van der Waals surface area contributed by atoms with Crippen molar-refractivity contribution in [3.05, 3.63) is 11.9 Å². The highest BCUT2D eigenvalue weighted by molar-refractivity contribution is 5.50. The van der Waals surface area contributed by atoms with Crippen LogP contribution >= 0.6 is 0 Å². The Bertz CT molecular complexity index is 426. The van der Waals surface area contributed by atoms with E-state index in [1.54, 1.807) is 7.11 Å². The molecule has 1 aromatic rings. The number of aliphatic hydroxyl groups excluding tert-OH is 1. The number of hydrogen-bond acceptors (Lipinski definition) is 6. The van der Waals surface area contributed by atoms with Crippen LogP contribution in [0, 0.1) is 0 Å². The molecular weight excluding hydrogens is 256 g/mol. The lowest BCUT2D eigenvalue weighted by atomic mass is 9.99. The minimum Gasteiger partial charge on any atom is -0.396 e. The number of hydrogen-bond donors (Lipinski definition) is 2. The van der Waals surface area contributed by atoms with Crippen molar-refractivity contribution in [1.29, 1.82) is 0 Å². The van der Waals surface area contributed by atoms with E-state index in [1.807, 2.05) is 13.1 Å². The second kappa shape index (κ2) is 7.40. The van der Waals surface area contributed by atoms with Crippen molar-refractivity contribution < 1.29 is 9.84 Å². The molecule has 1 atom stereocenters. The van der Waals surface area contributed by atoms with E-state index in [4.69, 9.17) is 4.74 Å². The average molecular weight is 280 g/mol. The van der Waals surface area contributed by atoms with Crippen LogP contribution in [0.4, 0.5) is 11.6 Å². The summed E-state index contributed by atoms with van der Waals surface area (Å²) < 4.78 is 5.13. The zero-order chi connectivity index (χ0) is 14.4. The molecule has 1 aromatic heterocycles. The summed E-state index contributed by atoms with van der Waals surface area (Å²) in [5.41, 5.74) is 0. The normalized spacial score (nSPS) is 19.1. The highest BCUT2D eigenvalue weighted by Crippen LogP contribution is 2.26. The first-order chi connectivity index (χ1) is 9.78. The first kappa shape index (κ1) is 15.0. The van der Waals surface area contributed by atoms with Gasteiger partial charge in [0.15, 0.2) is 5.82 Å². The van der Waals surface area contributed by atoms with Crippen LogP contribution < -0.4 is 10.2 Å². The van der Waals surface area contributed by atoms with Gasteiger partial charge in [-0.05, 0) is 25.7 Å². The van der Waals surface area contributed by atoms with Crippen molar-refractivity contribution in [3.8, 4) is 0 Å². The molecule has 0 amide bonds. The Morgan fingerprint density at radius 3 is 3.00 bits per heavy atom. The molecule has 112 valence electrons. The summed E-state index contributed by atoms with van der Waals surface area (Å²) in [4.78, 5) is 11.3. The molecule has 6 heteroatoms. The van der Waals surface area contributed by atoms with Gasteiger partial charge in [0, 0.05) is 39.4 Å². The molecule has 0 saturated carbocycles. The van der Waals surface area contributed by atoms with Crippen molar-refractivity contribution in [2.24, 2.45) is 0 Å². The molecular formula is C14H24N4O2. The molecule has 0 spiro atoms. The number of piperidine rings is 1. The lowest BCUT2D eigenvalue weighted by molar-refractivity contribution is 0.178. The highest BCUT2D eigenvalue weighted by atomic mass is 16.5. The molecule has 0 aliphatic carbocycles. The summed E-state index contributed by atoms with van der Waals surface area (Å²) in [6, 6.07) is 2.33. The topological polar surface area (TPSA) is 70.5 Å². The molecule has 0 bridgehead atoms. The second-order valence-corrected chi connectivity index (χ2v) is 5.07. The summed E-state index contributed by atoms with van der Waals surface area (Å²) in [6.45, 7) is 1.61. The molecule has 1 fully saturated rings. The molecule has 1 aliphatic heterocycles. The van der Waals surface area contributed by atoms with Crippen LogP contribution in [0.25, 0.3) is 0 Å². The Morgan fingerprint density at radius 1 is 1.45 bits per heavy atom. The van der Waals surface area contributed by atoms with Crippen molar-refractivity contribution in [3.63, 3.8) is 0 Å². The third kappa shape index (κ3) is 3.58. The fourth-order valence-corrected chi connectivity index (χ4v) is 2.70. The van der Waals surface area contributed by atoms with Gasteiger partial charge in [-0.1, -0.05) is 0 Å². The van der Waals surface area contributed by atoms with Crippen molar-refractivity contribution in [2.45, 2.75) is 38.3 Å².